The summed E-state index contributed by atoms with van der Waals surface area (Å²) >= 11 is 0. The molecule has 2 aromatic rings. The van der Waals surface area contributed by atoms with Gasteiger partial charge in [0.05, 0.1) is 0 Å². The van der Waals surface area contributed by atoms with Crippen molar-refractivity contribution >= 4 is 29.9 Å². The predicted octanol–water partition coefficient (Wildman–Crippen LogP) is 3.12. The van der Waals surface area contributed by atoms with E-state index < -0.39 is 0 Å². The van der Waals surface area contributed by atoms with Crippen molar-refractivity contribution in [3.8, 4) is 0 Å². The Balaban J connectivity index is 0.00000261. The van der Waals surface area contributed by atoms with Gasteiger partial charge in [-0.05, 0) is 67.9 Å². The minimum absolute atomic E-state index is 0. The number of nitrogens with one attached hydrogen (secondary N) is 3. The van der Waals surface area contributed by atoms with E-state index in [0.29, 0.717) is 17.8 Å². The van der Waals surface area contributed by atoms with Crippen molar-refractivity contribution in [2.24, 2.45) is 5.92 Å². The zero-order chi connectivity index (χ0) is 18.4. The van der Waals surface area contributed by atoms with Crippen LogP contribution in [-0.2, 0) is 11.3 Å². The summed E-state index contributed by atoms with van der Waals surface area (Å²) in [6.07, 6.45) is 1.75. The van der Waals surface area contributed by atoms with E-state index in [2.05, 4.69) is 16.0 Å². The average molecular weight is 392 g/mol. The Labute approximate surface area is 164 Å². The van der Waals surface area contributed by atoms with Crippen molar-refractivity contribution in [3.05, 3.63) is 65.5 Å². The molecule has 0 unspecified atom stereocenters. The van der Waals surface area contributed by atoms with Crippen LogP contribution in [0, 0.1) is 11.7 Å². The molecule has 0 radical (unpaired) electrons. The van der Waals surface area contributed by atoms with Gasteiger partial charge in [0, 0.05) is 23.7 Å². The van der Waals surface area contributed by atoms with Crippen LogP contribution < -0.4 is 16.0 Å². The van der Waals surface area contributed by atoms with E-state index in [4.69, 9.17) is 0 Å². The second-order valence-corrected chi connectivity index (χ2v) is 6.40. The predicted molar refractivity (Wildman–Crippen MR) is 105 cm³/mol. The van der Waals surface area contributed by atoms with Gasteiger partial charge in [-0.15, -0.1) is 12.4 Å². The van der Waals surface area contributed by atoms with E-state index >= 15 is 0 Å². The van der Waals surface area contributed by atoms with Crippen LogP contribution in [0.15, 0.2) is 48.5 Å². The van der Waals surface area contributed by atoms with Crippen LogP contribution in [0.3, 0.4) is 0 Å². The number of anilines is 1. The molecule has 2 amide bonds. The molecular weight excluding hydrogens is 369 g/mol. The van der Waals surface area contributed by atoms with Crippen LogP contribution in [0.1, 0.15) is 28.8 Å². The molecular formula is C20H23ClFN3O2. The zero-order valence-corrected chi connectivity index (χ0v) is 15.7. The highest BCUT2D eigenvalue weighted by molar-refractivity contribution is 6.04. The summed E-state index contributed by atoms with van der Waals surface area (Å²) in [7, 11) is 0. The maximum absolute atomic E-state index is 12.9. The van der Waals surface area contributed by atoms with Gasteiger partial charge in [0.2, 0.25) is 5.91 Å². The SMILES string of the molecule is Cl.O=C(Nc1ccc(CNC(=O)C2CCNCC2)cc1)c1ccc(F)cc1. The Kier molecular flexibility index (Phi) is 7.76. The lowest BCUT2D eigenvalue weighted by atomic mass is 9.97. The van der Waals surface area contributed by atoms with E-state index in [1.807, 2.05) is 12.1 Å². The molecule has 3 rings (SSSR count). The van der Waals surface area contributed by atoms with E-state index in [-0.39, 0.29) is 36.0 Å². The lowest BCUT2D eigenvalue weighted by molar-refractivity contribution is -0.125. The Morgan fingerprint density at radius 1 is 1.00 bits per heavy atom. The monoisotopic (exact) mass is 391 g/mol. The number of rotatable bonds is 5. The normalized spacial score (nSPS) is 14.1. The Bertz CT molecular complexity index is 760. The first-order valence-electron chi connectivity index (χ1n) is 8.76. The smallest absolute Gasteiger partial charge is 0.255 e. The van der Waals surface area contributed by atoms with Crippen LogP contribution in [0.4, 0.5) is 10.1 Å². The van der Waals surface area contributed by atoms with Crippen molar-refractivity contribution in [2.45, 2.75) is 19.4 Å². The fraction of sp³-hybridized carbons (Fsp3) is 0.300. The highest BCUT2D eigenvalue weighted by Gasteiger charge is 2.20. The molecule has 0 aromatic heterocycles. The van der Waals surface area contributed by atoms with Gasteiger partial charge in [-0.3, -0.25) is 9.59 Å². The summed E-state index contributed by atoms with van der Waals surface area (Å²) < 4.78 is 12.9. The Morgan fingerprint density at radius 2 is 1.63 bits per heavy atom. The van der Waals surface area contributed by atoms with E-state index in [1.165, 1.54) is 24.3 Å². The summed E-state index contributed by atoms with van der Waals surface area (Å²) in [4.78, 5) is 24.2. The molecule has 0 spiro atoms. The van der Waals surface area contributed by atoms with Crippen LogP contribution in [-0.4, -0.2) is 24.9 Å². The zero-order valence-electron chi connectivity index (χ0n) is 14.8. The van der Waals surface area contributed by atoms with Gasteiger partial charge in [0.25, 0.3) is 5.91 Å². The molecule has 3 N–H and O–H groups in total. The van der Waals surface area contributed by atoms with E-state index in [0.717, 1.165) is 31.5 Å². The van der Waals surface area contributed by atoms with E-state index in [1.54, 1.807) is 12.1 Å². The molecule has 1 aliphatic heterocycles. The Morgan fingerprint density at radius 3 is 2.26 bits per heavy atom. The van der Waals surface area contributed by atoms with Crippen molar-refractivity contribution in [1.82, 2.24) is 10.6 Å². The Hall–Kier alpha value is -2.44. The number of amides is 2. The molecule has 1 heterocycles. The van der Waals surface area contributed by atoms with Crippen molar-refractivity contribution in [3.63, 3.8) is 0 Å². The van der Waals surface area contributed by atoms with Gasteiger partial charge in [0.15, 0.2) is 0 Å². The molecule has 2 aromatic carbocycles. The lowest BCUT2D eigenvalue weighted by Crippen LogP contribution is -2.37. The number of halogens is 2. The molecule has 144 valence electrons. The standard InChI is InChI=1S/C20H22FN3O2.ClH/c21-17-5-3-15(4-6-17)20(26)24-18-7-1-14(2-8-18)13-23-19(25)16-9-11-22-12-10-16;/h1-8,16,22H,9-13H2,(H,23,25)(H,24,26);1H. The lowest BCUT2D eigenvalue weighted by Gasteiger charge is -2.21. The van der Waals surface area contributed by atoms with Crippen LogP contribution in [0.2, 0.25) is 0 Å². The van der Waals surface area contributed by atoms with E-state index in [9.17, 15) is 14.0 Å². The minimum atomic E-state index is -0.377. The third-order valence-corrected chi connectivity index (χ3v) is 4.49. The van der Waals surface area contributed by atoms with Gasteiger partial charge in [-0.2, -0.15) is 0 Å². The molecule has 0 bridgehead atoms. The second-order valence-electron chi connectivity index (χ2n) is 6.40. The van der Waals surface area contributed by atoms with Crippen LogP contribution >= 0.6 is 12.4 Å². The molecule has 0 aliphatic carbocycles. The molecule has 7 heteroatoms. The minimum Gasteiger partial charge on any atom is -0.352 e. The summed E-state index contributed by atoms with van der Waals surface area (Å²) in [5, 5.41) is 8.98. The fourth-order valence-electron chi connectivity index (χ4n) is 2.93. The molecule has 1 fully saturated rings. The molecule has 1 aliphatic rings. The van der Waals surface area contributed by atoms with Crippen molar-refractivity contribution in [2.75, 3.05) is 18.4 Å². The number of carbonyl (C=O) groups excluding carboxylic acids is 2. The quantitative estimate of drug-likeness (QED) is 0.733. The maximum atomic E-state index is 12.9. The second kappa shape index (κ2) is 10.0. The first kappa shape index (κ1) is 20.9. The largest absolute Gasteiger partial charge is 0.352 e. The molecule has 1 saturated heterocycles. The number of piperidine rings is 1. The number of carbonyl (C=O) groups is 2. The van der Waals surface area contributed by atoms with Gasteiger partial charge in [0.1, 0.15) is 5.82 Å². The third-order valence-electron chi connectivity index (χ3n) is 4.49. The summed E-state index contributed by atoms with van der Waals surface area (Å²) in [6, 6.07) is 12.7. The third kappa shape index (κ3) is 6.05. The topological polar surface area (TPSA) is 70.2 Å². The first-order chi connectivity index (χ1) is 12.6. The van der Waals surface area contributed by atoms with Crippen LogP contribution in [0.5, 0.6) is 0 Å². The average Bonchev–Trinajstić information content (AvgIpc) is 2.68. The van der Waals surface area contributed by atoms with Crippen molar-refractivity contribution in [1.29, 1.82) is 0 Å². The van der Waals surface area contributed by atoms with Gasteiger partial charge >= 0.3 is 0 Å². The summed E-state index contributed by atoms with van der Waals surface area (Å²) in [6.45, 7) is 2.25. The number of hydrogen-bond donors (Lipinski definition) is 3. The summed E-state index contributed by atoms with van der Waals surface area (Å²) in [5.74, 6) is -0.486. The number of benzene rings is 2. The van der Waals surface area contributed by atoms with Gasteiger partial charge in [-0.25, -0.2) is 4.39 Å². The first-order valence-corrected chi connectivity index (χ1v) is 8.76. The molecule has 0 saturated carbocycles. The highest BCUT2D eigenvalue weighted by Crippen LogP contribution is 2.14. The highest BCUT2D eigenvalue weighted by atomic mass is 35.5. The number of hydrogen-bond acceptors (Lipinski definition) is 3. The van der Waals surface area contributed by atoms with Gasteiger partial charge < -0.3 is 16.0 Å². The maximum Gasteiger partial charge on any atom is 0.255 e. The van der Waals surface area contributed by atoms with Crippen molar-refractivity contribution < 1.29 is 14.0 Å². The van der Waals surface area contributed by atoms with Gasteiger partial charge in [-0.1, -0.05) is 12.1 Å². The molecule has 27 heavy (non-hydrogen) atoms. The summed E-state index contributed by atoms with van der Waals surface area (Å²) in [5.41, 5.74) is 2.00. The molecule has 5 nitrogen and oxygen atoms in total. The molecule has 0 atom stereocenters. The fourth-order valence-corrected chi connectivity index (χ4v) is 2.93. The van der Waals surface area contributed by atoms with Crippen LogP contribution in [0.25, 0.3) is 0 Å².